The molecule has 0 aliphatic heterocycles. The van der Waals surface area contributed by atoms with Crippen LogP contribution in [0.3, 0.4) is 0 Å². The van der Waals surface area contributed by atoms with Gasteiger partial charge in [0.2, 0.25) is 0 Å². The minimum atomic E-state index is -4.45. The molecule has 0 spiro atoms. The second-order valence-electron chi connectivity index (χ2n) is 10.1. The molecule has 3 aliphatic carbocycles. The van der Waals surface area contributed by atoms with Gasteiger partial charge in [0.15, 0.2) is 5.60 Å². The van der Waals surface area contributed by atoms with E-state index in [1.165, 1.54) is 25.7 Å². The third kappa shape index (κ3) is 7.05. The van der Waals surface area contributed by atoms with Crippen LogP contribution in [0.5, 0.6) is 0 Å². The summed E-state index contributed by atoms with van der Waals surface area (Å²) in [6, 6.07) is 0. The molecule has 3 rings (SSSR count). The zero-order chi connectivity index (χ0) is 20.3. The molecule has 0 bridgehead atoms. The van der Waals surface area contributed by atoms with Crippen LogP contribution in [-0.2, 0) is 0 Å². The molecule has 0 aromatic carbocycles. The van der Waals surface area contributed by atoms with Crippen LogP contribution >= 0.6 is 0 Å². The summed E-state index contributed by atoms with van der Waals surface area (Å²) >= 11 is 0. The van der Waals surface area contributed by atoms with Gasteiger partial charge in [0, 0.05) is 0 Å². The zero-order valence-corrected chi connectivity index (χ0v) is 17.9. The molecule has 4 heteroatoms. The van der Waals surface area contributed by atoms with Crippen LogP contribution in [-0.4, -0.2) is 16.9 Å². The summed E-state index contributed by atoms with van der Waals surface area (Å²) in [5, 5.41) is 9.04. The van der Waals surface area contributed by atoms with E-state index >= 15 is 0 Å². The SMILES string of the molecule is CC(C)C1CC(O)(C(F)(F)F)C1.CC(C)C1CC1.CC1CC(C(C)C)C1. The van der Waals surface area contributed by atoms with E-state index in [2.05, 4.69) is 34.6 Å². The third-order valence-corrected chi connectivity index (χ3v) is 6.59. The molecule has 0 unspecified atom stereocenters. The largest absolute Gasteiger partial charge is 0.417 e. The van der Waals surface area contributed by atoms with E-state index in [1.54, 1.807) is 0 Å². The maximum Gasteiger partial charge on any atom is 0.417 e. The van der Waals surface area contributed by atoms with E-state index in [0.29, 0.717) is 0 Å². The first-order valence-electron chi connectivity index (χ1n) is 10.6. The van der Waals surface area contributed by atoms with Crippen molar-refractivity contribution in [2.24, 2.45) is 41.4 Å². The Labute approximate surface area is 159 Å². The normalized spacial score (nSPS) is 33.7. The third-order valence-electron chi connectivity index (χ3n) is 6.59. The van der Waals surface area contributed by atoms with Crippen LogP contribution in [0.25, 0.3) is 0 Å². The summed E-state index contributed by atoms with van der Waals surface area (Å²) in [5.41, 5.74) is -2.39. The van der Waals surface area contributed by atoms with Gasteiger partial charge in [0.25, 0.3) is 0 Å². The molecule has 3 saturated carbocycles. The fourth-order valence-electron chi connectivity index (χ4n) is 3.78. The Morgan fingerprint density at radius 3 is 1.31 bits per heavy atom. The number of hydrogen-bond acceptors (Lipinski definition) is 1. The van der Waals surface area contributed by atoms with E-state index in [9.17, 15) is 13.2 Å². The quantitative estimate of drug-likeness (QED) is 0.556. The number of hydrogen-bond donors (Lipinski definition) is 1. The highest BCUT2D eigenvalue weighted by Crippen LogP contribution is 2.50. The summed E-state index contributed by atoms with van der Waals surface area (Å²) in [5.74, 6) is 5.35. The van der Waals surface area contributed by atoms with Gasteiger partial charge in [-0.15, -0.1) is 0 Å². The summed E-state index contributed by atoms with van der Waals surface area (Å²) < 4.78 is 36.2. The van der Waals surface area contributed by atoms with Crippen molar-refractivity contribution in [1.82, 2.24) is 0 Å². The molecule has 0 saturated heterocycles. The average molecular weight is 379 g/mol. The Bertz CT molecular complexity index is 398. The highest BCUT2D eigenvalue weighted by molar-refractivity contribution is 5.00. The second kappa shape index (κ2) is 9.30. The van der Waals surface area contributed by atoms with E-state index in [-0.39, 0.29) is 24.7 Å². The molecule has 156 valence electrons. The zero-order valence-electron chi connectivity index (χ0n) is 17.9. The summed E-state index contributed by atoms with van der Waals surface area (Å²) in [6.07, 6.45) is 1.26. The Hall–Kier alpha value is -0.250. The van der Waals surface area contributed by atoms with Gasteiger partial charge in [-0.05, 0) is 80.0 Å². The van der Waals surface area contributed by atoms with Crippen molar-refractivity contribution in [2.45, 2.75) is 98.8 Å². The van der Waals surface area contributed by atoms with Gasteiger partial charge in [-0.2, -0.15) is 13.2 Å². The van der Waals surface area contributed by atoms with E-state index in [1.807, 2.05) is 13.8 Å². The Morgan fingerprint density at radius 1 is 0.769 bits per heavy atom. The van der Waals surface area contributed by atoms with E-state index in [4.69, 9.17) is 5.11 Å². The Morgan fingerprint density at radius 2 is 1.15 bits per heavy atom. The molecule has 3 aliphatic rings. The molecular formula is C22H41F3O. The lowest BCUT2D eigenvalue weighted by atomic mass is 9.66. The molecule has 0 radical (unpaired) electrons. The molecule has 1 N–H and O–H groups in total. The van der Waals surface area contributed by atoms with Gasteiger partial charge >= 0.3 is 6.18 Å². The Kier molecular flexibility index (Phi) is 8.51. The highest BCUT2D eigenvalue weighted by atomic mass is 19.4. The van der Waals surface area contributed by atoms with Crippen LogP contribution in [0.2, 0.25) is 0 Å². The fraction of sp³-hybridized carbons (Fsp3) is 1.00. The predicted molar refractivity (Wildman–Crippen MR) is 103 cm³/mol. The molecule has 0 amide bonds. The summed E-state index contributed by atoms with van der Waals surface area (Å²) in [4.78, 5) is 0. The lowest BCUT2D eigenvalue weighted by molar-refractivity contribution is -0.302. The highest BCUT2D eigenvalue weighted by Gasteiger charge is 2.61. The Balaban J connectivity index is 0.000000208. The van der Waals surface area contributed by atoms with Crippen molar-refractivity contribution in [2.75, 3.05) is 0 Å². The van der Waals surface area contributed by atoms with E-state index < -0.39 is 11.8 Å². The lowest BCUT2D eigenvalue weighted by Gasteiger charge is -2.46. The molecule has 3 fully saturated rings. The van der Waals surface area contributed by atoms with Crippen molar-refractivity contribution < 1.29 is 18.3 Å². The summed E-state index contributed by atoms with van der Waals surface area (Å²) in [6.45, 7) is 15.4. The van der Waals surface area contributed by atoms with Crippen molar-refractivity contribution >= 4 is 0 Å². The molecule has 1 nitrogen and oxygen atoms in total. The standard InChI is InChI=1S/C8H13F3O.C8H16.C6H12/c1-5(2)6-3-7(12,4-6)8(9,10)11;1-6(2)8-4-7(3)5-8;1-5(2)6-3-4-6/h5-6,12H,3-4H2,1-2H3;6-8H,4-5H2,1-3H3;5-6H,3-4H2,1-2H3. The van der Waals surface area contributed by atoms with Gasteiger partial charge in [0.05, 0.1) is 0 Å². The smallest absolute Gasteiger partial charge is 0.380 e. The van der Waals surface area contributed by atoms with Crippen LogP contribution in [0.15, 0.2) is 0 Å². The average Bonchev–Trinajstić information content (AvgIpc) is 3.24. The maximum atomic E-state index is 12.1. The molecule has 0 aromatic rings. The number of rotatable bonds is 3. The van der Waals surface area contributed by atoms with Crippen molar-refractivity contribution in [1.29, 1.82) is 0 Å². The first-order valence-corrected chi connectivity index (χ1v) is 10.6. The van der Waals surface area contributed by atoms with Crippen molar-refractivity contribution in [3.8, 4) is 0 Å². The number of aliphatic hydroxyl groups is 1. The minimum absolute atomic E-state index is 0.0247. The first kappa shape index (κ1) is 23.8. The maximum absolute atomic E-state index is 12.1. The minimum Gasteiger partial charge on any atom is -0.380 e. The van der Waals surface area contributed by atoms with Gasteiger partial charge in [-0.1, -0.05) is 48.5 Å². The topological polar surface area (TPSA) is 20.2 Å². The van der Waals surface area contributed by atoms with Gasteiger partial charge in [-0.25, -0.2) is 0 Å². The monoisotopic (exact) mass is 378 g/mol. The van der Waals surface area contributed by atoms with Gasteiger partial charge in [-0.3, -0.25) is 0 Å². The van der Waals surface area contributed by atoms with Crippen LogP contribution in [0, 0.1) is 41.4 Å². The fourth-order valence-corrected chi connectivity index (χ4v) is 3.78. The molecule has 0 aromatic heterocycles. The molecule has 0 atom stereocenters. The van der Waals surface area contributed by atoms with Gasteiger partial charge < -0.3 is 5.11 Å². The van der Waals surface area contributed by atoms with Crippen LogP contribution in [0.4, 0.5) is 13.2 Å². The second-order valence-corrected chi connectivity index (χ2v) is 10.1. The molecule has 0 heterocycles. The lowest BCUT2D eigenvalue weighted by Crippen LogP contribution is -2.56. The van der Waals surface area contributed by atoms with Crippen LogP contribution in [0.1, 0.15) is 87.0 Å². The van der Waals surface area contributed by atoms with Gasteiger partial charge in [0.1, 0.15) is 0 Å². The van der Waals surface area contributed by atoms with Crippen molar-refractivity contribution in [3.05, 3.63) is 0 Å². The van der Waals surface area contributed by atoms with Crippen LogP contribution < -0.4 is 0 Å². The predicted octanol–water partition coefficient (Wildman–Crippen LogP) is 7.09. The van der Waals surface area contributed by atoms with Crippen molar-refractivity contribution in [3.63, 3.8) is 0 Å². The first-order chi connectivity index (χ1) is 11.8. The molecule has 26 heavy (non-hydrogen) atoms. The molecular weight excluding hydrogens is 337 g/mol. The number of halogens is 3. The number of alkyl halides is 3. The van der Waals surface area contributed by atoms with E-state index in [0.717, 1.165) is 29.6 Å². The summed E-state index contributed by atoms with van der Waals surface area (Å²) in [7, 11) is 0.